The number of furan rings is 1. The van der Waals surface area contributed by atoms with Crippen LogP contribution in [-0.2, 0) is 13.1 Å². The van der Waals surface area contributed by atoms with Crippen molar-refractivity contribution in [2.24, 2.45) is 0 Å². The van der Waals surface area contributed by atoms with Gasteiger partial charge in [0.1, 0.15) is 29.5 Å². The fourth-order valence-corrected chi connectivity index (χ4v) is 1.84. The Labute approximate surface area is 131 Å². The molecule has 0 spiro atoms. The Bertz CT molecular complexity index is 560. The van der Waals surface area contributed by atoms with E-state index < -0.39 is 0 Å². The maximum absolute atomic E-state index is 8.80. The van der Waals surface area contributed by atoms with E-state index in [1.165, 1.54) is 0 Å². The van der Waals surface area contributed by atoms with Gasteiger partial charge >= 0.3 is 0 Å². The highest BCUT2D eigenvalue weighted by Crippen LogP contribution is 2.08. The summed E-state index contributed by atoms with van der Waals surface area (Å²) >= 11 is 0. The van der Waals surface area contributed by atoms with Crippen LogP contribution in [0.1, 0.15) is 11.5 Å². The zero-order valence-corrected chi connectivity index (χ0v) is 13.2. The maximum Gasteiger partial charge on any atom is 0.169 e. The van der Waals surface area contributed by atoms with Crippen LogP contribution in [0.4, 0.5) is 0 Å². The highest BCUT2D eigenvalue weighted by molar-refractivity contribution is 5.38. The van der Waals surface area contributed by atoms with Crippen molar-refractivity contribution in [3.8, 4) is 12.1 Å². The molecular weight excluding hydrogens is 280 g/mol. The molecule has 3 N–H and O–H groups in total. The zero-order valence-electron chi connectivity index (χ0n) is 13.2. The summed E-state index contributed by atoms with van der Waals surface area (Å²) < 4.78 is 5.68. The first-order valence-electron chi connectivity index (χ1n) is 6.99. The van der Waals surface area contributed by atoms with E-state index in [0.717, 1.165) is 18.1 Å². The third-order valence-corrected chi connectivity index (χ3v) is 2.82. The topological polar surface area (TPSA) is 100 Å². The molecule has 1 rings (SSSR count). The van der Waals surface area contributed by atoms with Gasteiger partial charge in [0, 0.05) is 20.1 Å². The van der Waals surface area contributed by atoms with Crippen molar-refractivity contribution >= 4 is 0 Å². The minimum absolute atomic E-state index is 0.0434. The van der Waals surface area contributed by atoms with E-state index in [2.05, 4.69) is 16.0 Å². The molecule has 22 heavy (non-hydrogen) atoms. The summed E-state index contributed by atoms with van der Waals surface area (Å²) in [6, 6.07) is 7.62. The Hall–Kier alpha value is -2.48. The molecule has 0 aliphatic rings. The summed E-state index contributed by atoms with van der Waals surface area (Å²) in [4.78, 5) is 2.05. The molecule has 0 radical (unpaired) electrons. The zero-order chi connectivity index (χ0) is 16.4. The monoisotopic (exact) mass is 302 g/mol. The minimum Gasteiger partial charge on any atom is -0.463 e. The van der Waals surface area contributed by atoms with Crippen molar-refractivity contribution in [3.05, 3.63) is 35.0 Å². The lowest BCUT2D eigenvalue weighted by atomic mass is 10.3. The first kappa shape index (κ1) is 17.6. The van der Waals surface area contributed by atoms with Gasteiger partial charge in [0.05, 0.1) is 13.1 Å². The van der Waals surface area contributed by atoms with Crippen LogP contribution in [0.3, 0.4) is 0 Å². The van der Waals surface area contributed by atoms with Gasteiger partial charge in [0.15, 0.2) is 5.57 Å². The molecule has 0 bridgehead atoms. The van der Waals surface area contributed by atoms with Crippen molar-refractivity contribution in [1.82, 2.24) is 20.9 Å². The van der Waals surface area contributed by atoms with E-state index in [4.69, 9.17) is 14.9 Å². The molecule has 0 saturated heterocycles. The highest BCUT2D eigenvalue weighted by Gasteiger charge is 2.04. The minimum atomic E-state index is 0.0434. The fraction of sp³-hybridized carbons (Fsp3) is 0.467. The van der Waals surface area contributed by atoms with Crippen molar-refractivity contribution in [2.45, 2.75) is 13.1 Å². The summed E-state index contributed by atoms with van der Waals surface area (Å²) in [5, 5.41) is 26.7. The Kier molecular flexibility index (Phi) is 7.55. The van der Waals surface area contributed by atoms with E-state index in [9.17, 15) is 0 Å². The molecule has 0 aliphatic heterocycles. The van der Waals surface area contributed by atoms with Crippen LogP contribution >= 0.6 is 0 Å². The summed E-state index contributed by atoms with van der Waals surface area (Å²) in [6.07, 6.45) is 0. The van der Waals surface area contributed by atoms with E-state index >= 15 is 0 Å². The lowest BCUT2D eigenvalue weighted by Gasteiger charge is -2.10. The molecule has 1 aromatic heterocycles. The molecule has 1 heterocycles. The summed E-state index contributed by atoms with van der Waals surface area (Å²) in [7, 11) is 5.66. The predicted molar refractivity (Wildman–Crippen MR) is 83.1 cm³/mol. The highest BCUT2D eigenvalue weighted by atomic mass is 16.3. The van der Waals surface area contributed by atoms with Crippen LogP contribution in [-0.4, -0.2) is 39.1 Å². The molecular formula is C15H22N6O. The van der Waals surface area contributed by atoms with Gasteiger partial charge in [0.25, 0.3) is 0 Å². The van der Waals surface area contributed by atoms with Gasteiger partial charge in [-0.2, -0.15) is 10.5 Å². The molecule has 1 aromatic rings. The fourth-order valence-electron chi connectivity index (χ4n) is 1.84. The van der Waals surface area contributed by atoms with Crippen molar-refractivity contribution in [2.75, 3.05) is 34.2 Å². The lowest BCUT2D eigenvalue weighted by molar-refractivity contribution is 0.339. The molecule has 0 saturated carbocycles. The quantitative estimate of drug-likeness (QED) is 0.451. The van der Waals surface area contributed by atoms with Crippen LogP contribution in [0.5, 0.6) is 0 Å². The first-order valence-corrected chi connectivity index (χ1v) is 6.99. The number of nitrogens with one attached hydrogen (secondary N) is 3. The maximum atomic E-state index is 8.80. The Balaban J connectivity index is 2.31. The second kappa shape index (κ2) is 9.46. The van der Waals surface area contributed by atoms with Gasteiger partial charge < -0.3 is 25.3 Å². The van der Waals surface area contributed by atoms with Gasteiger partial charge in [-0.25, -0.2) is 0 Å². The first-order chi connectivity index (χ1) is 10.6. The predicted octanol–water partition coefficient (Wildman–Crippen LogP) is 0.499. The normalized spacial score (nSPS) is 9.91. The molecule has 0 amide bonds. The smallest absolute Gasteiger partial charge is 0.169 e. The summed E-state index contributed by atoms with van der Waals surface area (Å²) in [5.41, 5.74) is 0.0434. The SMILES string of the molecule is CNC(NCCNCc1ccc(CN(C)C)o1)=C(C#N)C#N. The van der Waals surface area contributed by atoms with E-state index in [0.29, 0.717) is 25.5 Å². The largest absolute Gasteiger partial charge is 0.463 e. The number of nitrogens with zero attached hydrogens (tertiary/aromatic N) is 3. The number of rotatable bonds is 9. The second-order valence-electron chi connectivity index (χ2n) is 4.93. The molecule has 0 aromatic carbocycles. The van der Waals surface area contributed by atoms with Crippen molar-refractivity contribution < 1.29 is 4.42 Å². The number of nitriles is 2. The molecule has 7 heteroatoms. The van der Waals surface area contributed by atoms with Crippen molar-refractivity contribution in [3.63, 3.8) is 0 Å². The average Bonchev–Trinajstić information content (AvgIpc) is 2.92. The van der Waals surface area contributed by atoms with Gasteiger partial charge in [-0.15, -0.1) is 0 Å². The molecule has 118 valence electrons. The van der Waals surface area contributed by atoms with E-state index in [1.807, 2.05) is 43.3 Å². The standard InChI is InChI=1S/C15H22N6O/c1-18-15(12(8-16)9-17)20-7-6-19-10-13-4-5-14(22-13)11-21(2)3/h4-5,18-20H,6-7,10-11H2,1-3H3. The third kappa shape index (κ3) is 5.88. The van der Waals surface area contributed by atoms with Gasteiger partial charge in [-0.3, -0.25) is 0 Å². The molecule has 7 nitrogen and oxygen atoms in total. The number of hydrogen-bond acceptors (Lipinski definition) is 7. The third-order valence-electron chi connectivity index (χ3n) is 2.82. The van der Waals surface area contributed by atoms with E-state index in [-0.39, 0.29) is 5.57 Å². The molecule has 0 unspecified atom stereocenters. The Morgan fingerprint density at radius 1 is 1.18 bits per heavy atom. The van der Waals surface area contributed by atoms with Gasteiger partial charge in [-0.1, -0.05) is 0 Å². The molecule has 0 atom stereocenters. The number of hydrogen-bond donors (Lipinski definition) is 3. The second-order valence-corrected chi connectivity index (χ2v) is 4.93. The van der Waals surface area contributed by atoms with Crippen LogP contribution < -0.4 is 16.0 Å². The van der Waals surface area contributed by atoms with Crippen LogP contribution in [0, 0.1) is 22.7 Å². The van der Waals surface area contributed by atoms with Crippen LogP contribution in [0.2, 0.25) is 0 Å². The molecule has 0 aliphatic carbocycles. The number of allylic oxidation sites excluding steroid dienone is 1. The summed E-state index contributed by atoms with van der Waals surface area (Å²) in [6.45, 7) is 2.69. The van der Waals surface area contributed by atoms with Crippen LogP contribution in [0.25, 0.3) is 0 Å². The average molecular weight is 302 g/mol. The van der Waals surface area contributed by atoms with Gasteiger partial charge in [-0.05, 0) is 26.2 Å². The Morgan fingerprint density at radius 2 is 1.86 bits per heavy atom. The van der Waals surface area contributed by atoms with E-state index in [1.54, 1.807) is 7.05 Å². The summed E-state index contributed by atoms with van der Waals surface area (Å²) in [5.74, 6) is 2.27. The van der Waals surface area contributed by atoms with Crippen LogP contribution in [0.15, 0.2) is 27.9 Å². The lowest BCUT2D eigenvalue weighted by Crippen LogP contribution is -2.31. The molecule has 0 fully saturated rings. The van der Waals surface area contributed by atoms with Crippen molar-refractivity contribution in [1.29, 1.82) is 10.5 Å². The van der Waals surface area contributed by atoms with Gasteiger partial charge in [0.2, 0.25) is 0 Å². The Morgan fingerprint density at radius 3 is 2.45 bits per heavy atom.